The van der Waals surface area contributed by atoms with Gasteiger partial charge in [0.05, 0.1) is 0 Å². The Morgan fingerprint density at radius 3 is 1.94 bits per heavy atom. The van der Waals surface area contributed by atoms with Crippen LogP contribution in [-0.2, 0) is 9.22 Å². The number of hydrogen-bond donors (Lipinski definition) is 0. The first-order valence-corrected chi connectivity index (χ1v) is 14.8. The van der Waals surface area contributed by atoms with E-state index in [1.807, 2.05) is 18.2 Å². The van der Waals surface area contributed by atoms with Crippen LogP contribution in [0.3, 0.4) is 0 Å². The van der Waals surface area contributed by atoms with Gasteiger partial charge >= 0.3 is 0 Å². The molecule has 0 amide bonds. The fourth-order valence-electron chi connectivity index (χ4n) is 5.69. The molecular weight excluding hydrogens is 444 g/mol. The van der Waals surface area contributed by atoms with Gasteiger partial charge in [-0.1, -0.05) is 124 Å². The molecule has 0 N–H and O–H groups in total. The molecule has 3 aromatic rings. The third-order valence-corrected chi connectivity index (χ3v) is 12.3. The smallest absolute Gasteiger partial charge is 0.261 e. The fourth-order valence-corrected chi connectivity index (χ4v) is 10.3. The first-order valence-electron chi connectivity index (χ1n) is 12.9. The van der Waals surface area contributed by atoms with Gasteiger partial charge in [-0.3, -0.25) is 4.79 Å². The average Bonchev–Trinajstić information content (AvgIpc) is 2.87. The van der Waals surface area contributed by atoms with Crippen LogP contribution in [0, 0.1) is 5.92 Å². The van der Waals surface area contributed by atoms with E-state index in [9.17, 15) is 4.79 Å². The fraction of sp³-hybridized carbons (Fsp3) is 0.344. The second-order valence-corrected chi connectivity index (χ2v) is 14.9. The standard InChI is InChI=1S/C32H38O2Si/c1-32(2,3)35(28-20-9-5-10-21-28,29-22-11-6-12-23-29)34-25-14-13-18-27-19-15-24-30(33)31(27)26-16-7-4-8-17-26/h4-13,16-18,20-23,27,31H,14-15,19,24-25H2,1-3H3/b18-13+/t27-,31+/m1/s1. The molecule has 35 heavy (non-hydrogen) atoms. The number of rotatable bonds is 8. The van der Waals surface area contributed by atoms with Crippen molar-refractivity contribution >= 4 is 24.5 Å². The van der Waals surface area contributed by atoms with Gasteiger partial charge in [0, 0.05) is 18.9 Å². The first-order chi connectivity index (χ1) is 16.9. The summed E-state index contributed by atoms with van der Waals surface area (Å²) in [6.45, 7) is 7.61. The van der Waals surface area contributed by atoms with Gasteiger partial charge in [0.25, 0.3) is 8.32 Å². The molecule has 0 heterocycles. The highest BCUT2D eigenvalue weighted by atomic mass is 28.4. The maximum atomic E-state index is 12.8. The predicted octanol–water partition coefficient (Wildman–Crippen LogP) is 6.66. The van der Waals surface area contributed by atoms with Crippen LogP contribution >= 0.6 is 0 Å². The van der Waals surface area contributed by atoms with Crippen LogP contribution in [0.5, 0.6) is 0 Å². The molecule has 1 aliphatic rings. The predicted molar refractivity (Wildman–Crippen MR) is 149 cm³/mol. The van der Waals surface area contributed by atoms with E-state index in [1.54, 1.807) is 0 Å². The maximum absolute atomic E-state index is 12.8. The summed E-state index contributed by atoms with van der Waals surface area (Å²) in [6, 6.07) is 31.9. The van der Waals surface area contributed by atoms with Crippen LogP contribution in [0.1, 0.15) is 57.9 Å². The molecule has 1 saturated carbocycles. The van der Waals surface area contributed by atoms with Gasteiger partial charge in [0.15, 0.2) is 0 Å². The van der Waals surface area contributed by atoms with E-state index in [0.717, 1.165) is 24.8 Å². The summed E-state index contributed by atoms with van der Waals surface area (Å²) in [4.78, 5) is 12.8. The highest BCUT2D eigenvalue weighted by molar-refractivity contribution is 6.99. The number of benzene rings is 3. The zero-order valence-corrected chi connectivity index (χ0v) is 22.3. The van der Waals surface area contributed by atoms with E-state index in [-0.39, 0.29) is 16.9 Å². The summed E-state index contributed by atoms with van der Waals surface area (Å²) in [5, 5.41) is 2.60. The largest absolute Gasteiger partial charge is 0.407 e. The second-order valence-electron chi connectivity index (χ2n) is 10.6. The summed E-state index contributed by atoms with van der Waals surface area (Å²) in [6.07, 6.45) is 8.12. The Kier molecular flexibility index (Phi) is 8.20. The third kappa shape index (κ3) is 5.57. The first kappa shape index (κ1) is 25.3. The SMILES string of the molecule is CC(C)(C)[Si](OCC/C=C/[C@@H]1CCCC(=O)[C@H]1c1ccccc1)(c1ccccc1)c1ccccc1. The van der Waals surface area contributed by atoms with Gasteiger partial charge in [-0.2, -0.15) is 0 Å². The molecule has 2 atom stereocenters. The lowest BCUT2D eigenvalue weighted by molar-refractivity contribution is -0.122. The van der Waals surface area contributed by atoms with Crippen LogP contribution in [-0.4, -0.2) is 20.7 Å². The Balaban J connectivity index is 1.53. The topological polar surface area (TPSA) is 26.3 Å². The van der Waals surface area contributed by atoms with Crippen molar-refractivity contribution in [3.8, 4) is 0 Å². The van der Waals surface area contributed by atoms with Gasteiger partial charge in [0.1, 0.15) is 5.78 Å². The van der Waals surface area contributed by atoms with Gasteiger partial charge < -0.3 is 4.43 Å². The van der Waals surface area contributed by atoms with Crippen molar-refractivity contribution in [1.29, 1.82) is 0 Å². The Bertz CT molecular complexity index is 1060. The summed E-state index contributed by atoms with van der Waals surface area (Å²) in [7, 11) is -2.50. The van der Waals surface area contributed by atoms with Gasteiger partial charge in [-0.25, -0.2) is 0 Å². The second kappa shape index (κ2) is 11.3. The van der Waals surface area contributed by atoms with Crippen molar-refractivity contribution in [2.75, 3.05) is 6.61 Å². The van der Waals surface area contributed by atoms with Crippen molar-refractivity contribution in [3.63, 3.8) is 0 Å². The molecular formula is C32H38O2Si. The lowest BCUT2D eigenvalue weighted by Crippen LogP contribution is -2.66. The molecule has 182 valence electrons. The number of Topliss-reactive ketones (excluding diaryl/α,β-unsaturated/α-hetero) is 1. The van der Waals surface area contributed by atoms with E-state index in [0.29, 0.717) is 18.8 Å². The molecule has 3 aromatic carbocycles. The van der Waals surface area contributed by atoms with Crippen LogP contribution in [0.25, 0.3) is 0 Å². The lowest BCUT2D eigenvalue weighted by Gasteiger charge is -2.43. The van der Waals surface area contributed by atoms with Crippen molar-refractivity contribution in [1.82, 2.24) is 0 Å². The van der Waals surface area contributed by atoms with Crippen molar-refractivity contribution < 1.29 is 9.22 Å². The minimum atomic E-state index is -2.50. The van der Waals surface area contributed by atoms with E-state index < -0.39 is 8.32 Å². The van der Waals surface area contributed by atoms with E-state index in [4.69, 9.17) is 4.43 Å². The molecule has 3 heteroatoms. The van der Waals surface area contributed by atoms with Crippen molar-refractivity contribution in [2.45, 2.75) is 57.4 Å². The summed E-state index contributed by atoms with van der Waals surface area (Å²) in [5.41, 5.74) is 1.15. The highest BCUT2D eigenvalue weighted by Gasteiger charge is 2.49. The molecule has 4 rings (SSSR count). The molecule has 2 nitrogen and oxygen atoms in total. The van der Waals surface area contributed by atoms with Crippen LogP contribution in [0.15, 0.2) is 103 Å². The van der Waals surface area contributed by atoms with E-state index in [2.05, 4.69) is 106 Å². The molecule has 0 bridgehead atoms. The normalized spacial score (nSPS) is 19.2. The highest BCUT2D eigenvalue weighted by Crippen LogP contribution is 2.38. The number of carbonyl (C=O) groups is 1. The molecule has 0 radical (unpaired) electrons. The maximum Gasteiger partial charge on any atom is 0.261 e. The van der Waals surface area contributed by atoms with Crippen molar-refractivity contribution in [3.05, 3.63) is 109 Å². The van der Waals surface area contributed by atoms with Crippen molar-refractivity contribution in [2.24, 2.45) is 5.92 Å². The Hall–Kier alpha value is -2.75. The zero-order chi connectivity index (χ0) is 24.7. The molecule has 1 fully saturated rings. The van der Waals surface area contributed by atoms with Gasteiger partial charge in [0.2, 0.25) is 0 Å². The Morgan fingerprint density at radius 2 is 1.40 bits per heavy atom. The number of allylic oxidation sites excluding steroid dienone is 1. The summed E-state index contributed by atoms with van der Waals surface area (Å²) >= 11 is 0. The molecule has 0 spiro atoms. The average molecular weight is 483 g/mol. The summed E-state index contributed by atoms with van der Waals surface area (Å²) in [5.74, 6) is 0.631. The summed E-state index contributed by atoms with van der Waals surface area (Å²) < 4.78 is 7.01. The van der Waals surface area contributed by atoms with Gasteiger partial charge in [-0.05, 0) is 46.2 Å². The molecule has 0 aliphatic heterocycles. The monoisotopic (exact) mass is 482 g/mol. The number of carbonyl (C=O) groups excluding carboxylic acids is 1. The van der Waals surface area contributed by atoms with E-state index in [1.165, 1.54) is 10.4 Å². The zero-order valence-electron chi connectivity index (χ0n) is 21.3. The lowest BCUT2D eigenvalue weighted by atomic mass is 9.74. The van der Waals surface area contributed by atoms with Gasteiger partial charge in [-0.15, -0.1) is 0 Å². The number of hydrogen-bond acceptors (Lipinski definition) is 2. The molecule has 0 unspecified atom stereocenters. The molecule has 1 aliphatic carbocycles. The minimum absolute atomic E-state index is 0.0150. The Labute approximate surface area is 212 Å². The quantitative estimate of drug-likeness (QED) is 0.204. The van der Waals surface area contributed by atoms with E-state index >= 15 is 0 Å². The Morgan fingerprint density at radius 1 is 0.857 bits per heavy atom. The number of ketones is 1. The molecule has 0 aromatic heterocycles. The minimum Gasteiger partial charge on any atom is -0.407 e. The third-order valence-electron chi connectivity index (χ3n) is 7.30. The van der Waals surface area contributed by atoms with Crippen LogP contribution < -0.4 is 10.4 Å². The van der Waals surface area contributed by atoms with Crippen LogP contribution in [0.2, 0.25) is 5.04 Å². The van der Waals surface area contributed by atoms with Crippen LogP contribution in [0.4, 0.5) is 0 Å². The molecule has 0 saturated heterocycles.